The number of carbonyl (C=O) groups is 2. The molecule has 0 bridgehead atoms. The van der Waals surface area contributed by atoms with Crippen molar-refractivity contribution >= 4 is 26.5 Å². The normalized spacial score (nSPS) is 15.5. The number of allylic oxidation sites excluding steroid dienone is 1. The standard InChI is InChI=1S/C17H12O5S/c1-11(18)22-13-8-6-12(7-9-13)17-10-15(19)14-4-2-3-5-16(14)23(17,20)21/h2-10H,1H3. The van der Waals surface area contributed by atoms with Crippen LogP contribution in [0.1, 0.15) is 22.8 Å². The van der Waals surface area contributed by atoms with Crippen LogP contribution in [-0.4, -0.2) is 20.2 Å². The number of hydrogen-bond acceptors (Lipinski definition) is 5. The van der Waals surface area contributed by atoms with Gasteiger partial charge in [0.25, 0.3) is 0 Å². The first-order valence-corrected chi connectivity index (χ1v) is 8.27. The SMILES string of the molecule is CC(=O)Oc1ccc(C2=CC(=O)c3ccccc3S2(=O)=O)cc1. The second-order valence-electron chi connectivity index (χ2n) is 4.99. The summed E-state index contributed by atoms with van der Waals surface area (Å²) in [6, 6.07) is 12.1. The van der Waals surface area contributed by atoms with E-state index in [0.717, 1.165) is 6.08 Å². The zero-order valence-corrected chi connectivity index (χ0v) is 13.0. The molecule has 0 aliphatic carbocycles. The Morgan fingerprint density at radius 2 is 1.65 bits per heavy atom. The van der Waals surface area contributed by atoms with Gasteiger partial charge in [-0.25, -0.2) is 8.42 Å². The lowest BCUT2D eigenvalue weighted by Gasteiger charge is -2.17. The Kier molecular flexibility index (Phi) is 3.61. The summed E-state index contributed by atoms with van der Waals surface area (Å²) < 4.78 is 30.3. The van der Waals surface area contributed by atoms with Crippen LogP contribution in [0.25, 0.3) is 4.91 Å². The van der Waals surface area contributed by atoms with E-state index in [1.807, 2.05) is 0 Å². The smallest absolute Gasteiger partial charge is 0.308 e. The highest BCUT2D eigenvalue weighted by Crippen LogP contribution is 2.35. The van der Waals surface area contributed by atoms with Gasteiger partial charge in [0.2, 0.25) is 9.84 Å². The molecule has 0 spiro atoms. The summed E-state index contributed by atoms with van der Waals surface area (Å²) in [4.78, 5) is 23.0. The van der Waals surface area contributed by atoms with Gasteiger partial charge in [-0.3, -0.25) is 9.59 Å². The first-order chi connectivity index (χ1) is 10.9. The highest BCUT2D eigenvalue weighted by Gasteiger charge is 2.31. The molecule has 2 aromatic carbocycles. The van der Waals surface area contributed by atoms with Crippen LogP contribution in [0.3, 0.4) is 0 Å². The van der Waals surface area contributed by atoms with Crippen LogP contribution in [0.2, 0.25) is 0 Å². The molecule has 3 rings (SSSR count). The maximum absolute atomic E-state index is 12.7. The molecule has 0 atom stereocenters. The minimum atomic E-state index is -3.77. The molecule has 0 radical (unpaired) electrons. The predicted octanol–water partition coefficient (Wildman–Crippen LogP) is 2.62. The second kappa shape index (κ2) is 5.48. The molecule has 5 nitrogen and oxygen atoms in total. The maximum Gasteiger partial charge on any atom is 0.308 e. The number of hydrogen-bond donors (Lipinski definition) is 0. The van der Waals surface area contributed by atoms with E-state index in [1.165, 1.54) is 43.3 Å². The lowest BCUT2D eigenvalue weighted by Crippen LogP contribution is -2.16. The predicted molar refractivity (Wildman–Crippen MR) is 83.7 cm³/mol. The Balaban J connectivity index is 2.07. The van der Waals surface area contributed by atoms with Gasteiger partial charge in [0.05, 0.1) is 9.80 Å². The fourth-order valence-electron chi connectivity index (χ4n) is 2.39. The van der Waals surface area contributed by atoms with E-state index in [4.69, 9.17) is 4.74 Å². The van der Waals surface area contributed by atoms with Gasteiger partial charge < -0.3 is 4.74 Å². The van der Waals surface area contributed by atoms with Crippen molar-refractivity contribution in [3.8, 4) is 5.75 Å². The summed E-state index contributed by atoms with van der Waals surface area (Å²) in [5.74, 6) is -0.511. The molecular weight excluding hydrogens is 316 g/mol. The summed E-state index contributed by atoms with van der Waals surface area (Å²) in [7, 11) is -3.77. The quantitative estimate of drug-likeness (QED) is 0.625. The summed E-state index contributed by atoms with van der Waals surface area (Å²) in [5.41, 5.74) is 0.538. The van der Waals surface area contributed by atoms with Crippen LogP contribution in [-0.2, 0) is 14.6 Å². The van der Waals surface area contributed by atoms with Crippen LogP contribution in [0, 0.1) is 0 Å². The molecule has 0 saturated carbocycles. The third-order valence-corrected chi connectivity index (χ3v) is 5.26. The van der Waals surface area contributed by atoms with Gasteiger partial charge in [-0.2, -0.15) is 0 Å². The number of sulfone groups is 1. The Morgan fingerprint density at radius 3 is 2.30 bits per heavy atom. The number of ketones is 1. The third-order valence-electron chi connectivity index (χ3n) is 3.39. The molecule has 0 fully saturated rings. The Labute approximate surface area is 133 Å². The van der Waals surface area contributed by atoms with E-state index >= 15 is 0 Å². The van der Waals surface area contributed by atoms with Crippen LogP contribution in [0.5, 0.6) is 5.75 Å². The lowest BCUT2D eigenvalue weighted by atomic mass is 10.1. The molecule has 0 N–H and O–H groups in total. The Morgan fingerprint density at radius 1 is 1.00 bits per heavy atom. The van der Waals surface area contributed by atoms with Gasteiger partial charge in [0, 0.05) is 18.6 Å². The van der Waals surface area contributed by atoms with E-state index in [0.29, 0.717) is 11.3 Å². The Hall–Kier alpha value is -2.73. The van der Waals surface area contributed by atoms with Crippen molar-refractivity contribution in [2.24, 2.45) is 0 Å². The monoisotopic (exact) mass is 328 g/mol. The molecular formula is C17H12O5S. The fourth-order valence-corrected chi connectivity index (χ4v) is 4.05. The van der Waals surface area contributed by atoms with Gasteiger partial charge in [0.1, 0.15) is 5.75 Å². The van der Waals surface area contributed by atoms with Crippen LogP contribution in [0.4, 0.5) is 0 Å². The zero-order chi connectivity index (χ0) is 16.6. The first kappa shape index (κ1) is 15.2. The first-order valence-electron chi connectivity index (χ1n) is 6.78. The van der Waals surface area contributed by atoms with Crippen molar-refractivity contribution in [1.29, 1.82) is 0 Å². The van der Waals surface area contributed by atoms with Gasteiger partial charge >= 0.3 is 5.97 Å². The summed E-state index contributed by atoms with van der Waals surface area (Å²) in [6.07, 6.45) is 1.12. The minimum absolute atomic E-state index is 0.00608. The highest BCUT2D eigenvalue weighted by atomic mass is 32.2. The minimum Gasteiger partial charge on any atom is -0.427 e. The highest BCUT2D eigenvalue weighted by molar-refractivity contribution is 8.00. The van der Waals surface area contributed by atoms with Crippen molar-refractivity contribution < 1.29 is 22.7 Å². The zero-order valence-electron chi connectivity index (χ0n) is 12.1. The van der Waals surface area contributed by atoms with Crippen molar-refractivity contribution in [2.75, 3.05) is 0 Å². The molecule has 0 amide bonds. The molecule has 116 valence electrons. The van der Waals surface area contributed by atoms with Crippen molar-refractivity contribution in [2.45, 2.75) is 11.8 Å². The molecule has 1 aliphatic rings. The summed E-state index contributed by atoms with van der Waals surface area (Å²) in [6.45, 7) is 1.28. The third kappa shape index (κ3) is 2.68. The van der Waals surface area contributed by atoms with Crippen molar-refractivity contribution in [3.05, 3.63) is 65.7 Å². The summed E-state index contributed by atoms with van der Waals surface area (Å²) >= 11 is 0. The average molecular weight is 328 g/mol. The molecule has 1 heterocycles. The van der Waals surface area contributed by atoms with E-state index in [1.54, 1.807) is 12.1 Å². The number of fused-ring (bicyclic) bond motifs is 1. The molecule has 0 aromatic heterocycles. The van der Waals surface area contributed by atoms with Gasteiger partial charge in [-0.1, -0.05) is 12.1 Å². The number of carbonyl (C=O) groups excluding carboxylic acids is 2. The molecule has 2 aromatic rings. The summed E-state index contributed by atoms with van der Waals surface area (Å²) in [5, 5.41) is 0. The van der Waals surface area contributed by atoms with E-state index in [2.05, 4.69) is 0 Å². The second-order valence-corrected chi connectivity index (χ2v) is 6.88. The van der Waals surface area contributed by atoms with E-state index in [-0.39, 0.29) is 21.1 Å². The topological polar surface area (TPSA) is 77.5 Å². The molecule has 6 heteroatoms. The molecule has 0 unspecified atom stereocenters. The van der Waals surface area contributed by atoms with Crippen molar-refractivity contribution in [1.82, 2.24) is 0 Å². The number of esters is 1. The number of rotatable bonds is 2. The van der Waals surface area contributed by atoms with Gasteiger partial charge in [-0.05, 0) is 42.0 Å². The fraction of sp³-hybridized carbons (Fsp3) is 0.0588. The van der Waals surface area contributed by atoms with Crippen LogP contribution in [0.15, 0.2) is 59.5 Å². The van der Waals surface area contributed by atoms with E-state index < -0.39 is 15.8 Å². The maximum atomic E-state index is 12.7. The average Bonchev–Trinajstić information content (AvgIpc) is 2.52. The molecule has 23 heavy (non-hydrogen) atoms. The van der Waals surface area contributed by atoms with Crippen LogP contribution < -0.4 is 4.74 Å². The van der Waals surface area contributed by atoms with Gasteiger partial charge in [-0.15, -0.1) is 0 Å². The largest absolute Gasteiger partial charge is 0.427 e. The lowest BCUT2D eigenvalue weighted by molar-refractivity contribution is -0.131. The number of benzene rings is 2. The molecule has 0 saturated heterocycles. The van der Waals surface area contributed by atoms with Crippen LogP contribution >= 0.6 is 0 Å². The van der Waals surface area contributed by atoms with Crippen molar-refractivity contribution in [3.63, 3.8) is 0 Å². The molecule has 1 aliphatic heterocycles. The number of ether oxygens (including phenoxy) is 1. The van der Waals surface area contributed by atoms with Gasteiger partial charge in [0.15, 0.2) is 5.78 Å². The van der Waals surface area contributed by atoms with E-state index in [9.17, 15) is 18.0 Å². The Bertz CT molecular complexity index is 937.